The monoisotopic (exact) mass is 249 g/mol. The van der Waals surface area contributed by atoms with Crippen molar-refractivity contribution in [1.29, 1.82) is 0 Å². The van der Waals surface area contributed by atoms with Crippen LogP contribution in [0.2, 0.25) is 0 Å². The Bertz CT molecular complexity index is 440. The minimum atomic E-state index is -0.923. The SMILES string of the molecule is Cc1ccccc1CC(CC(=O)N(C)C)C(=O)O. The molecular formula is C14H19NO3. The molecule has 4 heteroatoms. The molecule has 1 amide bonds. The van der Waals surface area contributed by atoms with Crippen molar-refractivity contribution in [2.75, 3.05) is 14.1 Å². The fraction of sp³-hybridized carbons (Fsp3) is 0.429. The maximum atomic E-state index is 11.6. The van der Waals surface area contributed by atoms with Gasteiger partial charge in [0.15, 0.2) is 0 Å². The van der Waals surface area contributed by atoms with Gasteiger partial charge in [-0.15, -0.1) is 0 Å². The third kappa shape index (κ3) is 3.87. The molecule has 1 atom stereocenters. The summed E-state index contributed by atoms with van der Waals surface area (Å²) >= 11 is 0. The average Bonchev–Trinajstić information content (AvgIpc) is 2.30. The molecule has 0 radical (unpaired) electrons. The van der Waals surface area contributed by atoms with E-state index in [4.69, 9.17) is 0 Å². The van der Waals surface area contributed by atoms with E-state index in [0.29, 0.717) is 6.42 Å². The minimum Gasteiger partial charge on any atom is -0.481 e. The molecule has 1 N–H and O–H groups in total. The third-order valence-corrected chi connectivity index (χ3v) is 3.00. The number of carboxylic acid groups (broad SMARTS) is 1. The Labute approximate surface area is 107 Å². The van der Waals surface area contributed by atoms with Crippen molar-refractivity contribution in [3.05, 3.63) is 35.4 Å². The molecule has 1 aromatic rings. The minimum absolute atomic E-state index is 0.0384. The van der Waals surface area contributed by atoms with Crippen LogP contribution in [0, 0.1) is 12.8 Å². The van der Waals surface area contributed by atoms with Gasteiger partial charge in [-0.2, -0.15) is 0 Å². The number of hydrogen-bond acceptors (Lipinski definition) is 2. The van der Waals surface area contributed by atoms with Gasteiger partial charge in [-0.3, -0.25) is 9.59 Å². The van der Waals surface area contributed by atoms with Crippen molar-refractivity contribution >= 4 is 11.9 Å². The summed E-state index contributed by atoms with van der Waals surface area (Å²) in [5, 5.41) is 9.19. The molecule has 1 rings (SSSR count). The number of aliphatic carboxylic acids is 1. The molecule has 0 heterocycles. The molecule has 0 spiro atoms. The van der Waals surface area contributed by atoms with Crippen molar-refractivity contribution in [3.8, 4) is 0 Å². The molecule has 0 saturated heterocycles. The number of carbonyl (C=O) groups excluding carboxylic acids is 1. The molecule has 0 fully saturated rings. The maximum absolute atomic E-state index is 11.6. The quantitative estimate of drug-likeness (QED) is 0.864. The van der Waals surface area contributed by atoms with Gasteiger partial charge >= 0.3 is 5.97 Å². The van der Waals surface area contributed by atoms with E-state index in [1.54, 1.807) is 14.1 Å². The highest BCUT2D eigenvalue weighted by molar-refractivity contribution is 5.82. The topological polar surface area (TPSA) is 57.6 Å². The van der Waals surface area contributed by atoms with Crippen LogP contribution >= 0.6 is 0 Å². The van der Waals surface area contributed by atoms with Crippen LogP contribution in [-0.4, -0.2) is 36.0 Å². The first kappa shape index (κ1) is 14.2. The highest BCUT2D eigenvalue weighted by Gasteiger charge is 2.23. The van der Waals surface area contributed by atoms with Crippen LogP contribution in [0.5, 0.6) is 0 Å². The summed E-state index contributed by atoms with van der Waals surface area (Å²) in [6.45, 7) is 1.95. The van der Waals surface area contributed by atoms with E-state index in [1.165, 1.54) is 4.90 Å². The number of hydrogen-bond donors (Lipinski definition) is 1. The lowest BCUT2D eigenvalue weighted by molar-refractivity contribution is -0.145. The lowest BCUT2D eigenvalue weighted by Crippen LogP contribution is -2.28. The second kappa shape index (κ2) is 6.19. The second-order valence-corrected chi connectivity index (χ2v) is 4.66. The zero-order valence-corrected chi connectivity index (χ0v) is 11.0. The van der Waals surface area contributed by atoms with E-state index in [1.807, 2.05) is 31.2 Å². The van der Waals surface area contributed by atoms with Gasteiger partial charge in [0.2, 0.25) is 5.91 Å². The molecule has 4 nitrogen and oxygen atoms in total. The summed E-state index contributed by atoms with van der Waals surface area (Å²) in [4.78, 5) is 24.2. The summed E-state index contributed by atoms with van der Waals surface area (Å²) in [6.07, 6.45) is 0.429. The van der Waals surface area contributed by atoms with Crippen molar-refractivity contribution in [3.63, 3.8) is 0 Å². The van der Waals surface area contributed by atoms with Crippen LogP contribution in [-0.2, 0) is 16.0 Å². The second-order valence-electron chi connectivity index (χ2n) is 4.66. The molecule has 98 valence electrons. The van der Waals surface area contributed by atoms with Gasteiger partial charge in [-0.1, -0.05) is 24.3 Å². The first-order valence-electron chi connectivity index (χ1n) is 5.89. The van der Waals surface area contributed by atoms with Gasteiger partial charge < -0.3 is 10.0 Å². The van der Waals surface area contributed by atoms with E-state index in [0.717, 1.165) is 11.1 Å². The lowest BCUT2D eigenvalue weighted by Gasteiger charge is -2.16. The summed E-state index contributed by atoms with van der Waals surface area (Å²) in [6, 6.07) is 7.65. The first-order chi connectivity index (χ1) is 8.41. The molecule has 18 heavy (non-hydrogen) atoms. The van der Waals surface area contributed by atoms with Crippen molar-refractivity contribution in [1.82, 2.24) is 4.90 Å². The van der Waals surface area contributed by atoms with E-state index in [9.17, 15) is 14.7 Å². The smallest absolute Gasteiger partial charge is 0.307 e. The lowest BCUT2D eigenvalue weighted by atomic mass is 9.93. The third-order valence-electron chi connectivity index (χ3n) is 3.00. The fourth-order valence-corrected chi connectivity index (χ4v) is 1.74. The van der Waals surface area contributed by atoms with Crippen LogP contribution in [0.1, 0.15) is 17.5 Å². The Hall–Kier alpha value is -1.84. The maximum Gasteiger partial charge on any atom is 0.307 e. The number of carbonyl (C=O) groups is 2. The Morgan fingerprint density at radius 2 is 1.89 bits per heavy atom. The zero-order chi connectivity index (χ0) is 13.7. The number of rotatable bonds is 5. The van der Waals surface area contributed by atoms with Gasteiger partial charge in [0.05, 0.1) is 5.92 Å². The molecule has 0 bridgehead atoms. The molecule has 0 saturated carbocycles. The standard InChI is InChI=1S/C14H19NO3/c1-10-6-4-5-7-11(10)8-12(14(17)18)9-13(16)15(2)3/h4-7,12H,8-9H2,1-3H3,(H,17,18). The fourth-order valence-electron chi connectivity index (χ4n) is 1.74. The molecule has 1 unspecified atom stereocenters. The van der Waals surface area contributed by atoms with Gasteiger partial charge in [0.1, 0.15) is 0 Å². The van der Waals surface area contributed by atoms with Crippen LogP contribution in [0.3, 0.4) is 0 Å². The molecule has 0 aliphatic carbocycles. The normalized spacial score (nSPS) is 11.9. The highest BCUT2D eigenvalue weighted by atomic mass is 16.4. The number of aryl methyl sites for hydroxylation is 1. The van der Waals surface area contributed by atoms with Gasteiger partial charge in [0, 0.05) is 20.5 Å². The number of carboxylic acids is 1. The number of amides is 1. The number of nitrogens with zero attached hydrogens (tertiary/aromatic N) is 1. The van der Waals surface area contributed by atoms with E-state index >= 15 is 0 Å². The predicted molar refractivity (Wildman–Crippen MR) is 69.3 cm³/mol. The van der Waals surface area contributed by atoms with Crippen LogP contribution < -0.4 is 0 Å². The molecular weight excluding hydrogens is 230 g/mol. The van der Waals surface area contributed by atoms with Crippen molar-refractivity contribution in [2.24, 2.45) is 5.92 Å². The van der Waals surface area contributed by atoms with Crippen molar-refractivity contribution < 1.29 is 14.7 Å². The Morgan fingerprint density at radius 1 is 1.28 bits per heavy atom. The number of benzene rings is 1. The van der Waals surface area contributed by atoms with E-state index < -0.39 is 11.9 Å². The van der Waals surface area contributed by atoms with Crippen LogP contribution in [0.15, 0.2) is 24.3 Å². The summed E-state index contributed by atoms with van der Waals surface area (Å²) in [5.41, 5.74) is 2.04. The molecule has 0 aliphatic rings. The highest BCUT2D eigenvalue weighted by Crippen LogP contribution is 2.17. The Balaban J connectivity index is 2.79. The van der Waals surface area contributed by atoms with E-state index in [-0.39, 0.29) is 12.3 Å². The van der Waals surface area contributed by atoms with Gasteiger partial charge in [-0.05, 0) is 24.5 Å². The zero-order valence-electron chi connectivity index (χ0n) is 11.0. The van der Waals surface area contributed by atoms with Crippen LogP contribution in [0.4, 0.5) is 0 Å². The molecule has 0 aliphatic heterocycles. The summed E-state index contributed by atoms with van der Waals surface area (Å²) in [5.74, 6) is -1.74. The van der Waals surface area contributed by atoms with Gasteiger partial charge in [0.25, 0.3) is 0 Å². The van der Waals surface area contributed by atoms with Crippen molar-refractivity contribution in [2.45, 2.75) is 19.8 Å². The molecule has 0 aromatic heterocycles. The Kier molecular flexibility index (Phi) is 4.89. The summed E-state index contributed by atoms with van der Waals surface area (Å²) < 4.78 is 0. The van der Waals surface area contributed by atoms with Gasteiger partial charge in [-0.25, -0.2) is 0 Å². The average molecular weight is 249 g/mol. The Morgan fingerprint density at radius 3 is 2.39 bits per heavy atom. The molecule has 1 aromatic carbocycles. The summed E-state index contributed by atoms with van der Waals surface area (Å²) in [7, 11) is 3.27. The largest absolute Gasteiger partial charge is 0.481 e. The first-order valence-corrected chi connectivity index (χ1v) is 5.89. The van der Waals surface area contributed by atoms with Crippen LogP contribution in [0.25, 0.3) is 0 Å². The predicted octanol–water partition coefficient (Wildman–Crippen LogP) is 1.72. The van der Waals surface area contributed by atoms with E-state index in [2.05, 4.69) is 0 Å².